The van der Waals surface area contributed by atoms with Gasteiger partial charge in [-0.1, -0.05) is 54.6 Å². The number of benzene rings is 2. The van der Waals surface area contributed by atoms with Crippen LogP contribution in [0, 0.1) is 0 Å². The Hall–Kier alpha value is -5.04. The fourth-order valence-corrected chi connectivity index (χ4v) is 4.45. The first-order chi connectivity index (χ1) is 21.7. The lowest BCUT2D eigenvalue weighted by Crippen LogP contribution is -2.36. The van der Waals surface area contributed by atoms with Crippen molar-refractivity contribution in [1.82, 2.24) is 24.8 Å². The lowest BCUT2D eigenvalue weighted by molar-refractivity contribution is -0.157. The summed E-state index contributed by atoms with van der Waals surface area (Å²) in [6, 6.07) is 15.6. The van der Waals surface area contributed by atoms with Crippen LogP contribution in [0.5, 0.6) is 0 Å². The summed E-state index contributed by atoms with van der Waals surface area (Å²) in [5.41, 5.74) is 7.86. The predicted molar refractivity (Wildman–Crippen MR) is 171 cm³/mol. The Kier molecular flexibility index (Phi) is 10.6. The number of fused-ring (bicyclic) bond motifs is 1. The maximum Gasteiger partial charge on any atom is 0.409 e. The number of imidazole rings is 1. The number of carbonyl (C=O) groups is 3. The van der Waals surface area contributed by atoms with E-state index in [0.717, 1.165) is 11.1 Å². The Morgan fingerprint density at radius 3 is 2.28 bits per heavy atom. The van der Waals surface area contributed by atoms with Crippen LogP contribution in [0.4, 0.5) is 10.6 Å². The van der Waals surface area contributed by atoms with E-state index in [1.165, 1.54) is 12.7 Å². The van der Waals surface area contributed by atoms with Crippen LogP contribution in [-0.4, -0.2) is 48.8 Å². The van der Waals surface area contributed by atoms with Crippen LogP contribution in [0.1, 0.15) is 76.9 Å². The van der Waals surface area contributed by atoms with Crippen molar-refractivity contribution < 1.29 is 28.6 Å². The molecule has 13 nitrogen and oxygen atoms in total. The van der Waals surface area contributed by atoms with Crippen LogP contribution in [0.25, 0.3) is 11.2 Å². The zero-order valence-corrected chi connectivity index (χ0v) is 26.9. The summed E-state index contributed by atoms with van der Waals surface area (Å²) in [7, 11) is 0. The number of ether oxygens (including phenoxy) is 3. The standard InChI is InChI=1S/C33H41N7O6/c1-32(2,3)45-25(41)16-24(39-31(43)44-18-21-11-8-7-9-12-21)40-20-38-27-28(36-19-37-29(27)40)35-17-22-13-10-14-23(15-22)26(34)30(42)46-33(4,5)6/h7-15,19-20,24,26H,16-18,34H2,1-6H3,(H,39,43)(H,35,36,37). The second-order valence-corrected chi connectivity index (χ2v) is 12.7. The largest absolute Gasteiger partial charge is 0.460 e. The van der Waals surface area contributed by atoms with Gasteiger partial charge in [-0.05, 0) is 58.2 Å². The van der Waals surface area contributed by atoms with E-state index >= 15 is 0 Å². The lowest BCUT2D eigenvalue weighted by atomic mass is 10.0. The third-order valence-electron chi connectivity index (χ3n) is 6.40. The number of rotatable bonds is 11. The van der Waals surface area contributed by atoms with E-state index in [1.54, 1.807) is 52.2 Å². The smallest absolute Gasteiger partial charge is 0.409 e. The van der Waals surface area contributed by atoms with Crippen LogP contribution in [0.3, 0.4) is 0 Å². The summed E-state index contributed by atoms with van der Waals surface area (Å²) in [5.74, 6) is -0.619. The number of nitrogens with zero attached hydrogens (tertiary/aromatic N) is 4. The molecule has 0 spiro atoms. The number of esters is 2. The van der Waals surface area contributed by atoms with Crippen molar-refractivity contribution in [3.05, 3.63) is 83.9 Å². The molecule has 1 amide bonds. The van der Waals surface area contributed by atoms with E-state index in [1.807, 2.05) is 48.5 Å². The molecule has 2 atom stereocenters. The molecule has 0 saturated carbocycles. The van der Waals surface area contributed by atoms with Crippen LogP contribution in [-0.2, 0) is 37.0 Å². The molecule has 244 valence electrons. The van der Waals surface area contributed by atoms with Crippen LogP contribution in [0.15, 0.2) is 67.3 Å². The third-order valence-corrected chi connectivity index (χ3v) is 6.40. The van der Waals surface area contributed by atoms with Crippen molar-refractivity contribution in [2.75, 3.05) is 5.32 Å². The molecule has 2 unspecified atom stereocenters. The number of nitrogens with two attached hydrogens (primary N) is 1. The maximum atomic E-state index is 12.8. The van der Waals surface area contributed by atoms with Crippen molar-refractivity contribution in [3.8, 4) is 0 Å². The number of alkyl carbamates (subject to hydrolysis) is 1. The van der Waals surface area contributed by atoms with Gasteiger partial charge in [0.15, 0.2) is 11.5 Å². The number of amides is 1. The van der Waals surface area contributed by atoms with E-state index in [4.69, 9.17) is 19.9 Å². The van der Waals surface area contributed by atoms with Gasteiger partial charge in [0.1, 0.15) is 41.9 Å². The molecular weight excluding hydrogens is 590 g/mol. The van der Waals surface area contributed by atoms with Gasteiger partial charge in [0.25, 0.3) is 0 Å². The predicted octanol–water partition coefficient (Wildman–Crippen LogP) is 4.94. The third kappa shape index (κ3) is 9.73. The average molecular weight is 632 g/mol. The van der Waals surface area contributed by atoms with Crippen LogP contribution < -0.4 is 16.4 Å². The lowest BCUT2D eigenvalue weighted by Gasteiger charge is -2.23. The van der Waals surface area contributed by atoms with Gasteiger partial charge >= 0.3 is 18.0 Å². The highest BCUT2D eigenvalue weighted by Crippen LogP contribution is 2.24. The van der Waals surface area contributed by atoms with Crippen molar-refractivity contribution in [2.24, 2.45) is 5.73 Å². The van der Waals surface area contributed by atoms with Crippen molar-refractivity contribution in [3.63, 3.8) is 0 Å². The van der Waals surface area contributed by atoms with Gasteiger partial charge < -0.3 is 30.6 Å². The molecule has 13 heteroatoms. The fraction of sp³-hybridized carbons (Fsp3) is 0.394. The average Bonchev–Trinajstić information content (AvgIpc) is 3.42. The first-order valence-corrected chi connectivity index (χ1v) is 14.9. The summed E-state index contributed by atoms with van der Waals surface area (Å²) >= 11 is 0. The SMILES string of the molecule is CC(C)(C)OC(=O)CC(NC(=O)OCc1ccccc1)n1cnc2c(NCc3cccc(C(N)C(=O)OC(C)(C)C)c3)ncnc21. The molecule has 46 heavy (non-hydrogen) atoms. The van der Waals surface area contributed by atoms with Gasteiger partial charge in [0.2, 0.25) is 0 Å². The Bertz CT molecular complexity index is 1660. The van der Waals surface area contributed by atoms with Crippen LogP contribution >= 0.6 is 0 Å². The van der Waals surface area contributed by atoms with Gasteiger partial charge in [0, 0.05) is 6.54 Å². The van der Waals surface area contributed by atoms with E-state index in [2.05, 4.69) is 25.6 Å². The van der Waals surface area contributed by atoms with Crippen LogP contribution in [0.2, 0.25) is 0 Å². The number of carbonyl (C=O) groups excluding carboxylic acids is 3. The molecule has 2 aromatic carbocycles. The summed E-state index contributed by atoms with van der Waals surface area (Å²) < 4.78 is 17.9. The highest BCUT2D eigenvalue weighted by molar-refractivity contribution is 5.83. The minimum Gasteiger partial charge on any atom is -0.460 e. The van der Waals surface area contributed by atoms with E-state index in [0.29, 0.717) is 29.1 Å². The molecule has 0 aliphatic rings. The monoisotopic (exact) mass is 631 g/mol. The summed E-state index contributed by atoms with van der Waals surface area (Å²) in [6.07, 6.45) is 0.974. The molecule has 0 saturated heterocycles. The molecule has 4 aromatic rings. The number of nitrogens with one attached hydrogen (secondary N) is 2. The molecule has 0 radical (unpaired) electrons. The topological polar surface area (TPSA) is 173 Å². The molecule has 4 rings (SSSR count). The zero-order valence-electron chi connectivity index (χ0n) is 26.9. The summed E-state index contributed by atoms with van der Waals surface area (Å²) in [4.78, 5) is 51.4. The molecular formula is C33H41N7O6. The fourth-order valence-electron chi connectivity index (χ4n) is 4.45. The van der Waals surface area contributed by atoms with E-state index in [9.17, 15) is 14.4 Å². The maximum absolute atomic E-state index is 12.8. The number of hydrogen-bond acceptors (Lipinski definition) is 11. The molecule has 0 fully saturated rings. The van der Waals surface area contributed by atoms with E-state index < -0.39 is 41.4 Å². The number of hydrogen-bond donors (Lipinski definition) is 3. The summed E-state index contributed by atoms with van der Waals surface area (Å²) in [6.45, 7) is 11.0. The molecule has 0 aliphatic carbocycles. The van der Waals surface area contributed by atoms with Gasteiger partial charge in [-0.25, -0.2) is 24.5 Å². The van der Waals surface area contributed by atoms with Crippen molar-refractivity contribution in [2.45, 2.75) is 84.5 Å². The minimum absolute atomic E-state index is 0.0522. The molecule has 2 aromatic heterocycles. The summed E-state index contributed by atoms with van der Waals surface area (Å²) in [5, 5.41) is 6.00. The second-order valence-electron chi connectivity index (χ2n) is 12.7. The Morgan fingerprint density at radius 1 is 0.891 bits per heavy atom. The van der Waals surface area contributed by atoms with E-state index in [-0.39, 0.29) is 13.0 Å². The Balaban J connectivity index is 1.52. The first-order valence-electron chi connectivity index (χ1n) is 14.9. The quantitative estimate of drug-likeness (QED) is 0.151. The number of aromatic nitrogens is 4. The number of anilines is 1. The van der Waals surface area contributed by atoms with Gasteiger partial charge in [-0.3, -0.25) is 9.36 Å². The minimum atomic E-state index is -0.936. The molecule has 0 aliphatic heterocycles. The molecule has 4 N–H and O–H groups in total. The molecule has 2 heterocycles. The van der Waals surface area contributed by atoms with Gasteiger partial charge in [0.05, 0.1) is 12.7 Å². The zero-order chi connectivity index (χ0) is 33.5. The Labute approximate surface area is 267 Å². The van der Waals surface area contributed by atoms with Crippen molar-refractivity contribution in [1.29, 1.82) is 0 Å². The first kappa shape index (κ1) is 33.8. The second kappa shape index (κ2) is 14.4. The van der Waals surface area contributed by atoms with Gasteiger partial charge in [-0.2, -0.15) is 0 Å². The van der Waals surface area contributed by atoms with Crippen molar-refractivity contribution >= 4 is 35.0 Å². The van der Waals surface area contributed by atoms with Gasteiger partial charge in [-0.15, -0.1) is 0 Å². The highest BCUT2D eigenvalue weighted by Gasteiger charge is 2.26. The Morgan fingerprint density at radius 2 is 1.59 bits per heavy atom. The molecule has 0 bridgehead atoms. The normalized spacial score (nSPS) is 13.0. The highest BCUT2D eigenvalue weighted by atomic mass is 16.6.